The largest absolute Gasteiger partial charge is 0.322 e. The number of fused-ring (bicyclic) bond motifs is 2. The molecule has 6 nitrogen and oxygen atoms in total. The van der Waals surface area contributed by atoms with Crippen LogP contribution in [0.25, 0.3) is 5.69 Å². The Labute approximate surface area is 135 Å². The van der Waals surface area contributed by atoms with Crippen LogP contribution in [0.1, 0.15) is 31.7 Å². The molecule has 1 aromatic carbocycles. The van der Waals surface area contributed by atoms with Crippen molar-refractivity contribution in [3.05, 3.63) is 36.2 Å². The van der Waals surface area contributed by atoms with Crippen molar-refractivity contribution >= 4 is 11.7 Å². The molecule has 4 rings (SSSR count). The lowest BCUT2D eigenvalue weighted by Crippen LogP contribution is -2.63. The number of aromatic nitrogens is 3. The number of anilines is 1. The highest BCUT2D eigenvalue weighted by Crippen LogP contribution is 2.41. The Hall–Kier alpha value is -2.37. The fourth-order valence-corrected chi connectivity index (χ4v) is 3.91. The van der Waals surface area contributed by atoms with E-state index in [4.69, 9.17) is 0 Å². The lowest BCUT2D eigenvalue weighted by molar-refractivity contribution is -0.00600. The monoisotopic (exact) mass is 311 g/mol. The third-order valence-corrected chi connectivity index (χ3v) is 5.01. The second-order valence-electron chi connectivity index (χ2n) is 6.78. The second-order valence-corrected chi connectivity index (χ2v) is 6.78. The van der Waals surface area contributed by atoms with Crippen molar-refractivity contribution < 1.29 is 4.79 Å². The van der Waals surface area contributed by atoms with Crippen LogP contribution in [0, 0.1) is 12.8 Å². The third-order valence-electron chi connectivity index (χ3n) is 5.01. The van der Waals surface area contributed by atoms with Crippen LogP contribution in [-0.2, 0) is 0 Å². The average molecular weight is 311 g/mol. The number of nitrogens with one attached hydrogen (secondary N) is 1. The van der Waals surface area contributed by atoms with Crippen molar-refractivity contribution in [1.82, 2.24) is 19.9 Å². The van der Waals surface area contributed by atoms with E-state index >= 15 is 0 Å². The van der Waals surface area contributed by atoms with E-state index in [1.54, 1.807) is 17.2 Å². The van der Waals surface area contributed by atoms with Gasteiger partial charge in [-0.2, -0.15) is 15.0 Å². The predicted molar refractivity (Wildman–Crippen MR) is 87.5 cm³/mol. The molecule has 1 aromatic heterocycles. The summed E-state index contributed by atoms with van der Waals surface area (Å²) < 4.78 is 0. The van der Waals surface area contributed by atoms with Crippen LogP contribution in [0.5, 0.6) is 0 Å². The van der Waals surface area contributed by atoms with Gasteiger partial charge in [-0.1, -0.05) is 13.0 Å². The molecule has 2 unspecified atom stereocenters. The van der Waals surface area contributed by atoms with Crippen molar-refractivity contribution in [2.24, 2.45) is 5.92 Å². The normalized spacial score (nSPS) is 25.8. The van der Waals surface area contributed by atoms with Gasteiger partial charge in [0.15, 0.2) is 0 Å². The van der Waals surface area contributed by atoms with Gasteiger partial charge in [0.05, 0.1) is 18.1 Å². The summed E-state index contributed by atoms with van der Waals surface area (Å²) >= 11 is 0. The number of aryl methyl sites for hydroxylation is 1. The molecule has 3 atom stereocenters. The molecule has 2 aromatic rings. The van der Waals surface area contributed by atoms with E-state index in [0.29, 0.717) is 12.1 Å². The smallest absolute Gasteiger partial charge is 0.318 e. The number of urea groups is 1. The number of hydrogen-bond donors (Lipinski definition) is 1. The summed E-state index contributed by atoms with van der Waals surface area (Å²) in [5.74, 6) is 0.736. The first-order chi connectivity index (χ1) is 11.1. The van der Waals surface area contributed by atoms with Gasteiger partial charge in [0, 0.05) is 17.8 Å². The van der Waals surface area contributed by atoms with E-state index in [9.17, 15) is 4.79 Å². The van der Waals surface area contributed by atoms with Crippen molar-refractivity contribution in [3.8, 4) is 5.69 Å². The lowest BCUT2D eigenvalue weighted by Gasteiger charge is -2.54. The van der Waals surface area contributed by atoms with Gasteiger partial charge in [0.2, 0.25) is 0 Å². The van der Waals surface area contributed by atoms with Crippen molar-refractivity contribution in [2.75, 3.05) is 5.32 Å². The van der Waals surface area contributed by atoms with Crippen LogP contribution in [0.15, 0.2) is 30.6 Å². The zero-order chi connectivity index (χ0) is 16.0. The molecular weight excluding hydrogens is 290 g/mol. The van der Waals surface area contributed by atoms with Crippen molar-refractivity contribution in [2.45, 2.75) is 45.2 Å². The fraction of sp³-hybridized carbons (Fsp3) is 0.471. The SMILES string of the molecule is Cc1ccc(NC(=O)N2C3CC(C)C[C@@H]2C3)cc1-n1nccn1. The van der Waals surface area contributed by atoms with Gasteiger partial charge in [-0.25, -0.2) is 4.79 Å². The van der Waals surface area contributed by atoms with Crippen LogP contribution in [0.2, 0.25) is 0 Å². The first kappa shape index (κ1) is 14.2. The fourth-order valence-electron chi connectivity index (χ4n) is 3.91. The Morgan fingerprint density at radius 2 is 1.87 bits per heavy atom. The number of carbonyl (C=O) groups is 1. The van der Waals surface area contributed by atoms with Crippen LogP contribution in [0.3, 0.4) is 0 Å². The first-order valence-corrected chi connectivity index (χ1v) is 8.18. The topological polar surface area (TPSA) is 63.1 Å². The van der Waals surface area contributed by atoms with Crippen LogP contribution in [0.4, 0.5) is 10.5 Å². The highest BCUT2D eigenvalue weighted by atomic mass is 16.2. The number of nitrogens with zero attached hydrogens (tertiary/aromatic N) is 4. The van der Waals surface area contributed by atoms with Gasteiger partial charge >= 0.3 is 6.03 Å². The van der Waals surface area contributed by atoms with Crippen molar-refractivity contribution in [3.63, 3.8) is 0 Å². The summed E-state index contributed by atoms with van der Waals surface area (Å²) in [6.07, 6.45) is 6.70. The Morgan fingerprint density at radius 3 is 2.57 bits per heavy atom. The Bertz CT molecular complexity index is 715. The molecule has 2 amide bonds. The summed E-state index contributed by atoms with van der Waals surface area (Å²) in [5.41, 5.74) is 2.73. The van der Waals surface area contributed by atoms with Crippen LogP contribution in [-0.4, -0.2) is 38.0 Å². The van der Waals surface area contributed by atoms with E-state index in [-0.39, 0.29) is 6.03 Å². The third kappa shape index (κ3) is 2.48. The first-order valence-electron chi connectivity index (χ1n) is 8.18. The van der Waals surface area contributed by atoms with Gasteiger partial charge in [-0.15, -0.1) is 0 Å². The zero-order valence-electron chi connectivity index (χ0n) is 13.4. The minimum atomic E-state index is 0.0152. The molecule has 1 N–H and O–H groups in total. The summed E-state index contributed by atoms with van der Waals surface area (Å²) in [6, 6.07) is 6.68. The highest BCUT2D eigenvalue weighted by molar-refractivity contribution is 5.90. The molecule has 2 saturated heterocycles. The minimum absolute atomic E-state index is 0.0152. The quantitative estimate of drug-likeness (QED) is 0.927. The van der Waals surface area contributed by atoms with Gasteiger partial charge in [0.25, 0.3) is 0 Å². The molecule has 0 radical (unpaired) electrons. The highest BCUT2D eigenvalue weighted by Gasteiger charge is 2.46. The van der Waals surface area contributed by atoms with Crippen LogP contribution < -0.4 is 5.32 Å². The molecule has 3 heterocycles. The summed E-state index contributed by atoms with van der Waals surface area (Å²) in [7, 11) is 0. The van der Waals surface area contributed by atoms with Gasteiger partial charge in [0.1, 0.15) is 0 Å². The molecule has 0 aliphatic carbocycles. The minimum Gasteiger partial charge on any atom is -0.318 e. The molecule has 0 spiro atoms. The van der Waals surface area contributed by atoms with Crippen molar-refractivity contribution in [1.29, 1.82) is 0 Å². The number of piperidine rings is 1. The molecule has 2 aliphatic rings. The second kappa shape index (κ2) is 5.37. The molecule has 2 bridgehead atoms. The van der Waals surface area contributed by atoms with Gasteiger partial charge in [-0.3, -0.25) is 0 Å². The maximum absolute atomic E-state index is 12.6. The van der Waals surface area contributed by atoms with Gasteiger partial charge < -0.3 is 10.2 Å². The maximum atomic E-state index is 12.6. The number of rotatable bonds is 2. The number of benzene rings is 1. The molecule has 2 fully saturated rings. The summed E-state index contributed by atoms with van der Waals surface area (Å²) in [5, 5.41) is 11.4. The molecule has 0 saturated carbocycles. The molecule has 120 valence electrons. The number of amides is 2. The van der Waals surface area contributed by atoms with E-state index in [0.717, 1.165) is 42.1 Å². The van der Waals surface area contributed by atoms with E-state index in [1.165, 1.54) is 0 Å². The van der Waals surface area contributed by atoms with E-state index in [2.05, 4.69) is 22.4 Å². The number of carbonyl (C=O) groups excluding carboxylic acids is 1. The number of hydrogen-bond acceptors (Lipinski definition) is 3. The Morgan fingerprint density at radius 1 is 1.17 bits per heavy atom. The molecule has 2 aliphatic heterocycles. The Balaban J connectivity index is 1.51. The van der Waals surface area contributed by atoms with E-state index in [1.807, 2.05) is 30.0 Å². The van der Waals surface area contributed by atoms with E-state index < -0.39 is 0 Å². The maximum Gasteiger partial charge on any atom is 0.322 e. The summed E-state index contributed by atoms with van der Waals surface area (Å²) in [4.78, 5) is 16.2. The predicted octanol–water partition coefficient (Wildman–Crippen LogP) is 2.98. The zero-order valence-corrected chi connectivity index (χ0v) is 13.4. The average Bonchev–Trinajstić information content (AvgIpc) is 3.02. The molecule has 6 heteroatoms. The Kier molecular flexibility index (Phi) is 3.32. The lowest BCUT2D eigenvalue weighted by atomic mass is 9.74. The molecular formula is C17H21N5O. The van der Waals surface area contributed by atoms with Crippen LogP contribution >= 0.6 is 0 Å². The standard InChI is InChI=1S/C17H21N5O/c1-11-7-14-10-15(8-11)21(14)17(23)20-13-4-3-12(2)16(9-13)22-18-5-6-19-22/h3-6,9,11,14-15H,7-8,10H2,1-2H3,(H,20,23)/t11?,14-,15?/m1/s1. The molecule has 23 heavy (non-hydrogen) atoms. The van der Waals surface area contributed by atoms with Gasteiger partial charge in [-0.05, 0) is 49.8 Å². The summed E-state index contributed by atoms with van der Waals surface area (Å²) in [6.45, 7) is 4.28.